The summed E-state index contributed by atoms with van der Waals surface area (Å²) >= 11 is 0. The van der Waals surface area contributed by atoms with Gasteiger partial charge in [0, 0.05) is 24.6 Å². The molecule has 0 aromatic heterocycles. The van der Waals surface area contributed by atoms with Crippen LogP contribution in [0.2, 0.25) is 0 Å². The van der Waals surface area contributed by atoms with E-state index in [1.807, 2.05) is 0 Å². The van der Waals surface area contributed by atoms with Gasteiger partial charge in [0.05, 0.1) is 5.71 Å². The van der Waals surface area contributed by atoms with Crippen LogP contribution >= 0.6 is 0 Å². The molecule has 0 bridgehead atoms. The highest BCUT2D eigenvalue weighted by molar-refractivity contribution is 6.01. The number of hydrogen-bond acceptors (Lipinski definition) is 3. The Bertz CT molecular complexity index is 449. The number of nitrogens with zero attached hydrogens (tertiary/aromatic N) is 1. The SMILES string of the molecule is CCCNCC1CC(c2ccc(F)cc2F)=NO1. The number of nitrogens with one attached hydrogen (secondary N) is 1. The smallest absolute Gasteiger partial charge is 0.145 e. The summed E-state index contributed by atoms with van der Waals surface area (Å²) in [6, 6.07) is 3.48. The second-order valence-corrected chi connectivity index (χ2v) is 4.30. The third-order valence-electron chi connectivity index (χ3n) is 2.77. The topological polar surface area (TPSA) is 33.6 Å². The lowest BCUT2D eigenvalue weighted by Gasteiger charge is -2.08. The number of hydrogen-bond donors (Lipinski definition) is 1. The first-order valence-electron chi connectivity index (χ1n) is 6.09. The van der Waals surface area contributed by atoms with E-state index in [-0.39, 0.29) is 6.10 Å². The van der Waals surface area contributed by atoms with Crippen molar-refractivity contribution >= 4 is 5.71 Å². The first-order chi connectivity index (χ1) is 8.70. The van der Waals surface area contributed by atoms with Crippen molar-refractivity contribution in [2.24, 2.45) is 5.16 Å². The predicted molar refractivity (Wildman–Crippen MR) is 65.5 cm³/mol. The van der Waals surface area contributed by atoms with Gasteiger partial charge in [-0.3, -0.25) is 0 Å². The maximum Gasteiger partial charge on any atom is 0.145 e. The zero-order valence-electron chi connectivity index (χ0n) is 10.2. The highest BCUT2D eigenvalue weighted by Crippen LogP contribution is 2.19. The van der Waals surface area contributed by atoms with E-state index in [0.29, 0.717) is 24.2 Å². The van der Waals surface area contributed by atoms with Gasteiger partial charge >= 0.3 is 0 Å². The molecule has 0 saturated heterocycles. The fourth-order valence-corrected chi connectivity index (χ4v) is 1.86. The highest BCUT2D eigenvalue weighted by atomic mass is 19.1. The summed E-state index contributed by atoms with van der Waals surface area (Å²) in [5.74, 6) is -1.18. The van der Waals surface area contributed by atoms with Crippen LogP contribution in [0.4, 0.5) is 8.78 Å². The molecular formula is C13H16F2N2O. The average molecular weight is 254 g/mol. The Balaban J connectivity index is 1.95. The fraction of sp³-hybridized carbons (Fsp3) is 0.462. The summed E-state index contributed by atoms with van der Waals surface area (Å²) in [5, 5.41) is 7.09. The van der Waals surface area contributed by atoms with Crippen LogP contribution in [0.15, 0.2) is 23.4 Å². The fourth-order valence-electron chi connectivity index (χ4n) is 1.86. The van der Waals surface area contributed by atoms with E-state index in [1.165, 1.54) is 12.1 Å². The van der Waals surface area contributed by atoms with Crippen molar-refractivity contribution in [2.75, 3.05) is 13.1 Å². The van der Waals surface area contributed by atoms with Crippen LogP contribution in [-0.4, -0.2) is 24.9 Å². The molecular weight excluding hydrogens is 238 g/mol. The quantitative estimate of drug-likeness (QED) is 0.819. The third kappa shape index (κ3) is 3.04. The third-order valence-corrected chi connectivity index (χ3v) is 2.77. The van der Waals surface area contributed by atoms with Crippen LogP contribution < -0.4 is 5.32 Å². The molecule has 1 aromatic carbocycles. The number of oxime groups is 1. The molecule has 1 unspecified atom stereocenters. The summed E-state index contributed by atoms with van der Waals surface area (Å²) < 4.78 is 26.3. The molecule has 18 heavy (non-hydrogen) atoms. The van der Waals surface area contributed by atoms with Crippen LogP contribution in [0.5, 0.6) is 0 Å². The van der Waals surface area contributed by atoms with E-state index in [1.54, 1.807) is 0 Å². The van der Waals surface area contributed by atoms with E-state index in [0.717, 1.165) is 19.0 Å². The molecule has 1 N–H and O–H groups in total. The van der Waals surface area contributed by atoms with Crippen molar-refractivity contribution in [1.29, 1.82) is 0 Å². The van der Waals surface area contributed by atoms with Crippen LogP contribution in [0.25, 0.3) is 0 Å². The van der Waals surface area contributed by atoms with Gasteiger partial charge in [0.25, 0.3) is 0 Å². The van der Waals surface area contributed by atoms with Gasteiger partial charge in [-0.25, -0.2) is 8.78 Å². The summed E-state index contributed by atoms with van der Waals surface area (Å²) in [5.41, 5.74) is 0.852. The number of halogens is 2. The highest BCUT2D eigenvalue weighted by Gasteiger charge is 2.23. The molecule has 0 saturated carbocycles. The number of benzene rings is 1. The molecule has 3 nitrogen and oxygen atoms in total. The summed E-state index contributed by atoms with van der Waals surface area (Å²) in [6.07, 6.45) is 1.52. The van der Waals surface area contributed by atoms with Gasteiger partial charge in [-0.1, -0.05) is 12.1 Å². The summed E-state index contributed by atoms with van der Waals surface area (Å²) in [4.78, 5) is 5.22. The first-order valence-corrected chi connectivity index (χ1v) is 6.09. The Morgan fingerprint density at radius 1 is 1.44 bits per heavy atom. The predicted octanol–water partition coefficient (Wildman–Crippen LogP) is 2.46. The minimum atomic E-state index is -0.598. The van der Waals surface area contributed by atoms with Crippen molar-refractivity contribution in [3.63, 3.8) is 0 Å². The molecule has 98 valence electrons. The van der Waals surface area contributed by atoms with Crippen LogP contribution in [0.3, 0.4) is 0 Å². The largest absolute Gasteiger partial charge is 0.390 e. The molecule has 1 aliphatic heterocycles. The van der Waals surface area contributed by atoms with Crippen LogP contribution in [0.1, 0.15) is 25.3 Å². The van der Waals surface area contributed by atoms with Crippen LogP contribution in [0, 0.1) is 11.6 Å². The molecule has 0 amide bonds. The molecule has 0 spiro atoms. The normalized spacial score (nSPS) is 18.6. The van der Waals surface area contributed by atoms with Gasteiger partial charge in [-0.05, 0) is 25.1 Å². The van der Waals surface area contributed by atoms with Crippen LogP contribution in [-0.2, 0) is 4.84 Å². The molecule has 1 aliphatic rings. The molecule has 1 heterocycles. The second-order valence-electron chi connectivity index (χ2n) is 4.30. The Kier molecular flexibility index (Phi) is 4.25. The summed E-state index contributed by atoms with van der Waals surface area (Å²) in [6.45, 7) is 3.68. The van der Waals surface area contributed by atoms with E-state index in [2.05, 4.69) is 17.4 Å². The average Bonchev–Trinajstić information content (AvgIpc) is 2.78. The van der Waals surface area contributed by atoms with Gasteiger partial charge < -0.3 is 10.2 Å². The van der Waals surface area contributed by atoms with Crippen molar-refractivity contribution in [3.05, 3.63) is 35.4 Å². The lowest BCUT2D eigenvalue weighted by atomic mass is 10.0. The van der Waals surface area contributed by atoms with E-state index < -0.39 is 11.6 Å². The minimum Gasteiger partial charge on any atom is -0.390 e. The van der Waals surface area contributed by atoms with Gasteiger partial charge in [0.1, 0.15) is 17.7 Å². The Morgan fingerprint density at radius 2 is 2.28 bits per heavy atom. The van der Waals surface area contributed by atoms with Crippen molar-refractivity contribution in [3.8, 4) is 0 Å². The van der Waals surface area contributed by atoms with Crippen molar-refractivity contribution < 1.29 is 13.6 Å². The molecule has 5 heteroatoms. The van der Waals surface area contributed by atoms with Crippen molar-refractivity contribution in [1.82, 2.24) is 5.32 Å². The maximum atomic E-state index is 13.5. The molecule has 0 radical (unpaired) electrons. The molecule has 2 rings (SSSR count). The van der Waals surface area contributed by atoms with E-state index >= 15 is 0 Å². The Labute approximate surface area is 105 Å². The molecule has 1 aromatic rings. The maximum absolute atomic E-state index is 13.5. The van der Waals surface area contributed by atoms with Crippen molar-refractivity contribution in [2.45, 2.75) is 25.9 Å². The minimum absolute atomic E-state index is 0.0731. The summed E-state index contributed by atoms with van der Waals surface area (Å²) in [7, 11) is 0. The van der Waals surface area contributed by atoms with E-state index in [4.69, 9.17) is 4.84 Å². The van der Waals surface area contributed by atoms with Gasteiger partial charge in [0.2, 0.25) is 0 Å². The lowest BCUT2D eigenvalue weighted by molar-refractivity contribution is 0.0852. The Hall–Kier alpha value is -1.49. The van der Waals surface area contributed by atoms with Gasteiger partial charge in [-0.15, -0.1) is 0 Å². The zero-order chi connectivity index (χ0) is 13.0. The Morgan fingerprint density at radius 3 is 3.00 bits per heavy atom. The molecule has 0 fully saturated rings. The standard InChI is InChI=1S/C13H16F2N2O/c1-2-5-16-8-10-7-13(17-18-10)11-4-3-9(14)6-12(11)15/h3-4,6,10,16H,2,5,7-8H2,1H3. The molecule has 1 atom stereocenters. The zero-order valence-corrected chi connectivity index (χ0v) is 10.2. The van der Waals surface area contributed by atoms with E-state index in [9.17, 15) is 8.78 Å². The molecule has 0 aliphatic carbocycles. The van der Waals surface area contributed by atoms with Gasteiger partial charge in [-0.2, -0.15) is 0 Å². The van der Waals surface area contributed by atoms with Gasteiger partial charge in [0.15, 0.2) is 0 Å². The monoisotopic (exact) mass is 254 g/mol. The first kappa shape index (κ1) is 13.0. The lowest BCUT2D eigenvalue weighted by Crippen LogP contribution is -2.27. The second kappa shape index (κ2) is 5.91. The number of rotatable bonds is 5.